The Bertz CT molecular complexity index is 373. The molecule has 0 spiro atoms. The fraction of sp³-hybridized carbons (Fsp3) is 0.462. The highest BCUT2D eigenvalue weighted by Crippen LogP contribution is 2.17. The number of aliphatic hydroxyl groups is 1. The number of nitrogens with zero attached hydrogens (tertiary/aromatic N) is 1. The summed E-state index contributed by atoms with van der Waals surface area (Å²) in [6.45, 7) is 1.89. The van der Waals surface area contributed by atoms with Gasteiger partial charge in [-0.1, -0.05) is 19.1 Å². The van der Waals surface area contributed by atoms with E-state index in [2.05, 4.69) is 5.32 Å². The molecule has 0 radical (unpaired) electrons. The van der Waals surface area contributed by atoms with Gasteiger partial charge in [-0.25, -0.2) is 0 Å². The van der Waals surface area contributed by atoms with E-state index in [0.29, 0.717) is 12.0 Å². The van der Waals surface area contributed by atoms with Gasteiger partial charge in [0.05, 0.1) is 18.2 Å². The van der Waals surface area contributed by atoms with Crippen LogP contribution in [-0.4, -0.2) is 37.8 Å². The number of carbonyl (C=O) groups excluding carboxylic acids is 1. The van der Waals surface area contributed by atoms with Crippen molar-refractivity contribution in [2.75, 3.05) is 25.6 Å². The second-order valence-corrected chi connectivity index (χ2v) is 4.17. The predicted octanol–water partition coefficient (Wildman–Crippen LogP) is 1.25. The number of amides is 1. The molecular weight excluding hydrogens is 216 g/mol. The van der Waals surface area contributed by atoms with Gasteiger partial charge in [0.1, 0.15) is 0 Å². The molecule has 1 rings (SSSR count). The van der Waals surface area contributed by atoms with Crippen molar-refractivity contribution >= 4 is 11.6 Å². The molecule has 0 aliphatic heterocycles. The van der Waals surface area contributed by atoms with E-state index in [0.717, 1.165) is 5.69 Å². The number of rotatable bonds is 5. The van der Waals surface area contributed by atoms with Crippen molar-refractivity contribution in [1.82, 2.24) is 5.32 Å². The van der Waals surface area contributed by atoms with Gasteiger partial charge in [0.2, 0.25) is 0 Å². The molecule has 0 aromatic heterocycles. The summed E-state index contributed by atoms with van der Waals surface area (Å²) in [5.74, 6) is -0.143. The first-order valence-electron chi connectivity index (χ1n) is 5.78. The highest BCUT2D eigenvalue weighted by atomic mass is 16.3. The minimum absolute atomic E-state index is 0.0353. The normalized spacial score (nSPS) is 12.0. The van der Waals surface area contributed by atoms with Gasteiger partial charge in [-0.3, -0.25) is 4.79 Å². The fourth-order valence-electron chi connectivity index (χ4n) is 1.60. The SMILES string of the molecule is CCC(CO)NC(=O)c1ccccc1N(C)C. The van der Waals surface area contributed by atoms with E-state index in [-0.39, 0.29) is 18.6 Å². The monoisotopic (exact) mass is 236 g/mol. The van der Waals surface area contributed by atoms with Gasteiger partial charge in [0.25, 0.3) is 5.91 Å². The molecule has 1 atom stereocenters. The van der Waals surface area contributed by atoms with Crippen LogP contribution in [0.5, 0.6) is 0 Å². The minimum Gasteiger partial charge on any atom is -0.394 e. The quantitative estimate of drug-likeness (QED) is 0.809. The van der Waals surface area contributed by atoms with Crippen LogP contribution in [0.25, 0.3) is 0 Å². The van der Waals surface area contributed by atoms with Crippen LogP contribution < -0.4 is 10.2 Å². The number of hydrogen-bond acceptors (Lipinski definition) is 3. The van der Waals surface area contributed by atoms with Crippen LogP contribution in [0, 0.1) is 0 Å². The van der Waals surface area contributed by atoms with Gasteiger partial charge in [-0.15, -0.1) is 0 Å². The lowest BCUT2D eigenvalue weighted by Crippen LogP contribution is -2.37. The number of carbonyl (C=O) groups is 1. The van der Waals surface area contributed by atoms with Crippen molar-refractivity contribution in [1.29, 1.82) is 0 Å². The molecule has 0 saturated heterocycles. The lowest BCUT2D eigenvalue weighted by atomic mass is 10.1. The Hall–Kier alpha value is -1.55. The Morgan fingerprint density at radius 2 is 2.06 bits per heavy atom. The Morgan fingerprint density at radius 1 is 1.41 bits per heavy atom. The van der Waals surface area contributed by atoms with Crippen molar-refractivity contribution in [3.8, 4) is 0 Å². The largest absolute Gasteiger partial charge is 0.394 e. The van der Waals surface area contributed by atoms with Crippen LogP contribution >= 0.6 is 0 Å². The summed E-state index contributed by atoms with van der Waals surface area (Å²) < 4.78 is 0. The molecule has 1 aromatic rings. The van der Waals surface area contributed by atoms with E-state index in [4.69, 9.17) is 5.11 Å². The van der Waals surface area contributed by atoms with Gasteiger partial charge in [0.15, 0.2) is 0 Å². The van der Waals surface area contributed by atoms with Gasteiger partial charge in [-0.2, -0.15) is 0 Å². The third kappa shape index (κ3) is 3.46. The number of hydrogen-bond donors (Lipinski definition) is 2. The van der Waals surface area contributed by atoms with Gasteiger partial charge in [0, 0.05) is 19.8 Å². The molecule has 4 heteroatoms. The molecule has 0 heterocycles. The van der Waals surface area contributed by atoms with Crippen LogP contribution in [0.3, 0.4) is 0 Å². The lowest BCUT2D eigenvalue weighted by Gasteiger charge is -2.19. The van der Waals surface area contributed by atoms with E-state index in [1.54, 1.807) is 6.07 Å². The second kappa shape index (κ2) is 6.25. The van der Waals surface area contributed by atoms with Gasteiger partial charge in [-0.05, 0) is 18.6 Å². The average molecular weight is 236 g/mol. The van der Waals surface area contributed by atoms with Crippen LogP contribution in [0.15, 0.2) is 24.3 Å². The zero-order valence-corrected chi connectivity index (χ0v) is 10.6. The smallest absolute Gasteiger partial charge is 0.253 e. The molecule has 0 bridgehead atoms. The Balaban J connectivity index is 2.88. The minimum atomic E-state index is -0.183. The van der Waals surface area contributed by atoms with E-state index in [1.807, 2.05) is 44.1 Å². The molecule has 0 fully saturated rings. The Kier molecular flexibility index (Phi) is 4.97. The molecule has 17 heavy (non-hydrogen) atoms. The van der Waals surface area contributed by atoms with Crippen molar-refractivity contribution in [3.05, 3.63) is 29.8 Å². The number of benzene rings is 1. The first kappa shape index (κ1) is 13.5. The molecule has 4 nitrogen and oxygen atoms in total. The number of nitrogens with one attached hydrogen (secondary N) is 1. The maximum Gasteiger partial charge on any atom is 0.253 e. The van der Waals surface area contributed by atoms with Crippen molar-refractivity contribution in [3.63, 3.8) is 0 Å². The maximum absolute atomic E-state index is 12.0. The Morgan fingerprint density at radius 3 is 2.59 bits per heavy atom. The van der Waals surface area contributed by atoms with Crippen molar-refractivity contribution < 1.29 is 9.90 Å². The molecule has 1 amide bonds. The molecule has 94 valence electrons. The zero-order chi connectivity index (χ0) is 12.8. The highest BCUT2D eigenvalue weighted by molar-refractivity contribution is 5.99. The molecule has 2 N–H and O–H groups in total. The summed E-state index contributed by atoms with van der Waals surface area (Å²) in [5, 5.41) is 11.9. The predicted molar refractivity (Wildman–Crippen MR) is 69.4 cm³/mol. The third-order valence-electron chi connectivity index (χ3n) is 2.68. The summed E-state index contributed by atoms with van der Waals surface area (Å²) in [5.41, 5.74) is 1.50. The second-order valence-electron chi connectivity index (χ2n) is 4.17. The first-order chi connectivity index (χ1) is 8.10. The number of aliphatic hydroxyl groups excluding tert-OH is 1. The van der Waals surface area contributed by atoms with Crippen LogP contribution in [0.1, 0.15) is 23.7 Å². The first-order valence-corrected chi connectivity index (χ1v) is 5.78. The van der Waals surface area contributed by atoms with Crippen molar-refractivity contribution in [2.45, 2.75) is 19.4 Å². The lowest BCUT2D eigenvalue weighted by molar-refractivity contribution is 0.0915. The molecule has 1 unspecified atom stereocenters. The van der Waals surface area contributed by atoms with Crippen molar-refractivity contribution in [2.24, 2.45) is 0 Å². The zero-order valence-electron chi connectivity index (χ0n) is 10.6. The van der Waals surface area contributed by atoms with E-state index < -0.39 is 0 Å². The standard InChI is InChI=1S/C13H20N2O2/c1-4-10(9-16)14-13(17)11-7-5-6-8-12(11)15(2)3/h5-8,10,16H,4,9H2,1-3H3,(H,14,17). The van der Waals surface area contributed by atoms with E-state index >= 15 is 0 Å². The van der Waals surface area contributed by atoms with Gasteiger partial charge < -0.3 is 15.3 Å². The number of para-hydroxylation sites is 1. The summed E-state index contributed by atoms with van der Waals surface area (Å²) >= 11 is 0. The summed E-state index contributed by atoms with van der Waals surface area (Å²) in [6, 6.07) is 7.23. The molecule has 0 saturated carbocycles. The van der Waals surface area contributed by atoms with Gasteiger partial charge >= 0.3 is 0 Å². The third-order valence-corrected chi connectivity index (χ3v) is 2.68. The molecule has 1 aromatic carbocycles. The topological polar surface area (TPSA) is 52.6 Å². The Labute approximate surface area is 102 Å². The van der Waals surface area contributed by atoms with Crippen LogP contribution in [0.4, 0.5) is 5.69 Å². The maximum atomic E-state index is 12.0. The fourth-order valence-corrected chi connectivity index (χ4v) is 1.60. The summed E-state index contributed by atoms with van der Waals surface area (Å²) in [6.07, 6.45) is 0.715. The van der Waals surface area contributed by atoms with Crippen LogP contribution in [-0.2, 0) is 0 Å². The summed E-state index contributed by atoms with van der Waals surface area (Å²) in [7, 11) is 3.80. The van der Waals surface area contributed by atoms with E-state index in [9.17, 15) is 4.79 Å². The highest BCUT2D eigenvalue weighted by Gasteiger charge is 2.15. The van der Waals surface area contributed by atoms with Crippen LogP contribution in [0.2, 0.25) is 0 Å². The van der Waals surface area contributed by atoms with E-state index in [1.165, 1.54) is 0 Å². The molecule has 0 aliphatic carbocycles. The number of anilines is 1. The molecular formula is C13H20N2O2. The summed E-state index contributed by atoms with van der Waals surface area (Å²) in [4.78, 5) is 13.9. The average Bonchev–Trinajstić information content (AvgIpc) is 2.35. The molecule has 0 aliphatic rings.